The van der Waals surface area contributed by atoms with E-state index in [2.05, 4.69) is 27.5 Å². The number of amides is 2. The number of ether oxygens (including phenoxy) is 1. The quantitative estimate of drug-likeness (QED) is 0.351. The maximum atomic E-state index is 13.1. The number of hydrogen-bond donors (Lipinski definition) is 1. The summed E-state index contributed by atoms with van der Waals surface area (Å²) in [5.74, 6) is 0.984. The summed E-state index contributed by atoms with van der Waals surface area (Å²) < 4.78 is 6.88. The largest absolute Gasteiger partial charge is 0.450 e. The summed E-state index contributed by atoms with van der Waals surface area (Å²) in [6, 6.07) is 15.5. The number of likely N-dealkylation sites (tertiary alicyclic amines) is 1. The topological polar surface area (TPSA) is 105 Å². The van der Waals surface area contributed by atoms with Crippen molar-refractivity contribution >= 4 is 34.9 Å². The van der Waals surface area contributed by atoms with Crippen molar-refractivity contribution in [3.05, 3.63) is 89.9 Å². The predicted octanol–water partition coefficient (Wildman–Crippen LogP) is 4.82. The van der Waals surface area contributed by atoms with Crippen LogP contribution in [0.3, 0.4) is 0 Å². The molecule has 1 unspecified atom stereocenters. The summed E-state index contributed by atoms with van der Waals surface area (Å²) in [5.41, 5.74) is 5.55. The van der Waals surface area contributed by atoms with Gasteiger partial charge in [-0.25, -0.2) is 9.31 Å². The highest BCUT2D eigenvalue weighted by Gasteiger charge is 2.27. The van der Waals surface area contributed by atoms with Gasteiger partial charge < -0.3 is 19.9 Å². The first kappa shape index (κ1) is 26.5. The van der Waals surface area contributed by atoms with Crippen LogP contribution >= 0.6 is 0 Å². The van der Waals surface area contributed by atoms with Crippen LogP contribution in [0, 0.1) is 5.92 Å². The third-order valence-electron chi connectivity index (χ3n) is 7.65. The van der Waals surface area contributed by atoms with Gasteiger partial charge in [-0.3, -0.25) is 9.78 Å². The Bertz CT molecular complexity index is 1570. The van der Waals surface area contributed by atoms with Gasteiger partial charge in [0, 0.05) is 61.6 Å². The molecular weight excluding hydrogens is 518 g/mol. The number of rotatable bonds is 7. The second-order valence-electron chi connectivity index (χ2n) is 10.4. The van der Waals surface area contributed by atoms with Gasteiger partial charge in [0.05, 0.1) is 6.61 Å². The van der Waals surface area contributed by atoms with Crippen molar-refractivity contribution in [2.45, 2.75) is 26.2 Å². The Morgan fingerprint density at radius 3 is 2.71 bits per heavy atom. The number of pyridine rings is 2. The molecule has 2 aliphatic heterocycles. The normalized spacial score (nSPS) is 17.0. The molecule has 0 radical (unpaired) electrons. The Hall–Kier alpha value is -4.73. The maximum Gasteiger partial charge on any atom is 0.410 e. The van der Waals surface area contributed by atoms with Gasteiger partial charge in [0.1, 0.15) is 0 Å². The second kappa shape index (κ2) is 11.8. The van der Waals surface area contributed by atoms with Gasteiger partial charge >= 0.3 is 6.09 Å². The zero-order chi connectivity index (χ0) is 28.2. The number of nitrogens with zero attached hydrogens (tertiary/aromatic N) is 6. The minimum atomic E-state index is -0.284. The van der Waals surface area contributed by atoms with E-state index < -0.39 is 0 Å². The minimum Gasteiger partial charge on any atom is -0.450 e. The second-order valence-corrected chi connectivity index (χ2v) is 10.4. The van der Waals surface area contributed by atoms with E-state index in [-0.39, 0.29) is 12.0 Å². The van der Waals surface area contributed by atoms with Crippen LogP contribution in [0.1, 0.15) is 41.3 Å². The van der Waals surface area contributed by atoms with Gasteiger partial charge in [-0.1, -0.05) is 12.1 Å². The zero-order valence-electron chi connectivity index (χ0n) is 23.1. The summed E-state index contributed by atoms with van der Waals surface area (Å²) in [6.07, 6.45) is 9.98. The monoisotopic (exact) mass is 551 g/mol. The van der Waals surface area contributed by atoms with Crippen molar-refractivity contribution < 1.29 is 14.3 Å². The predicted molar refractivity (Wildman–Crippen MR) is 156 cm³/mol. The van der Waals surface area contributed by atoms with Crippen molar-refractivity contribution in [3.63, 3.8) is 0 Å². The van der Waals surface area contributed by atoms with E-state index in [1.165, 1.54) is 5.56 Å². The fourth-order valence-electron chi connectivity index (χ4n) is 5.55. The molecule has 4 aromatic rings. The van der Waals surface area contributed by atoms with Crippen LogP contribution in [-0.2, 0) is 11.2 Å². The number of nitrogens with one attached hydrogen (secondary N) is 1. The summed E-state index contributed by atoms with van der Waals surface area (Å²) in [6.45, 7) is 4.81. The molecule has 5 heterocycles. The Balaban J connectivity index is 1.09. The van der Waals surface area contributed by atoms with Crippen LogP contribution in [0.2, 0.25) is 0 Å². The fraction of sp³-hybridized carbons (Fsp3) is 0.323. The molecule has 10 heteroatoms. The highest BCUT2D eigenvalue weighted by molar-refractivity contribution is 5.94. The van der Waals surface area contributed by atoms with E-state index in [1.54, 1.807) is 15.6 Å². The van der Waals surface area contributed by atoms with Crippen molar-refractivity contribution in [1.82, 2.24) is 29.4 Å². The Morgan fingerprint density at radius 1 is 1.07 bits per heavy atom. The first-order valence-corrected chi connectivity index (χ1v) is 14.1. The van der Waals surface area contributed by atoms with Crippen LogP contribution in [0.15, 0.2) is 73.2 Å². The molecule has 41 heavy (non-hydrogen) atoms. The summed E-state index contributed by atoms with van der Waals surface area (Å²) in [4.78, 5) is 37.8. The SMILES string of the molecule is CCOC(=O)N1CC=C(c2cccn3nc(Nc4ccc(C(=O)N5CCC(Cc6cccnc6)C5)cc4)nc23)CC1. The Morgan fingerprint density at radius 2 is 1.95 bits per heavy atom. The van der Waals surface area contributed by atoms with E-state index in [0.29, 0.717) is 43.5 Å². The third-order valence-corrected chi connectivity index (χ3v) is 7.65. The average molecular weight is 552 g/mol. The van der Waals surface area contributed by atoms with Gasteiger partial charge in [-0.05, 0) is 85.7 Å². The number of anilines is 2. The molecule has 1 fully saturated rings. The van der Waals surface area contributed by atoms with Gasteiger partial charge in [-0.15, -0.1) is 5.10 Å². The lowest BCUT2D eigenvalue weighted by Crippen LogP contribution is -2.35. The van der Waals surface area contributed by atoms with E-state index in [1.807, 2.05) is 66.7 Å². The molecule has 2 aliphatic rings. The number of benzene rings is 1. The van der Waals surface area contributed by atoms with E-state index >= 15 is 0 Å². The molecule has 6 rings (SSSR count). The number of aromatic nitrogens is 4. The molecule has 0 bridgehead atoms. The van der Waals surface area contributed by atoms with E-state index in [9.17, 15) is 9.59 Å². The van der Waals surface area contributed by atoms with Crippen molar-refractivity contribution in [2.75, 3.05) is 38.1 Å². The van der Waals surface area contributed by atoms with Crippen molar-refractivity contribution in [3.8, 4) is 0 Å². The number of hydrogen-bond acceptors (Lipinski definition) is 7. The number of carbonyl (C=O) groups excluding carboxylic acids is 2. The van der Waals surface area contributed by atoms with Gasteiger partial charge in [0.25, 0.3) is 5.91 Å². The summed E-state index contributed by atoms with van der Waals surface area (Å²) in [5, 5.41) is 7.86. The molecule has 0 spiro atoms. The van der Waals surface area contributed by atoms with Crippen LogP contribution in [0.5, 0.6) is 0 Å². The molecule has 0 aliphatic carbocycles. The lowest BCUT2D eigenvalue weighted by Gasteiger charge is -2.25. The molecule has 10 nitrogen and oxygen atoms in total. The van der Waals surface area contributed by atoms with E-state index in [0.717, 1.165) is 48.4 Å². The molecule has 0 saturated carbocycles. The standard InChI is InChI=1S/C31H33N7O3/c1-2-41-31(40)36-17-12-24(13-18-36)27-6-4-15-38-28(27)34-30(35-38)33-26-9-7-25(8-10-26)29(39)37-16-11-23(21-37)19-22-5-3-14-32-20-22/h3-10,12,14-15,20,23H,2,11,13,16-19,21H2,1H3,(H,33,35). The highest BCUT2D eigenvalue weighted by Crippen LogP contribution is 2.27. The highest BCUT2D eigenvalue weighted by atomic mass is 16.6. The smallest absolute Gasteiger partial charge is 0.410 e. The summed E-state index contributed by atoms with van der Waals surface area (Å²) >= 11 is 0. The molecule has 3 aromatic heterocycles. The molecular formula is C31H33N7O3. The van der Waals surface area contributed by atoms with Crippen LogP contribution < -0.4 is 5.32 Å². The van der Waals surface area contributed by atoms with Crippen LogP contribution in [0.25, 0.3) is 11.2 Å². The average Bonchev–Trinajstić information content (AvgIpc) is 3.64. The van der Waals surface area contributed by atoms with Crippen LogP contribution in [-0.4, -0.2) is 74.2 Å². The molecule has 210 valence electrons. The Kier molecular flexibility index (Phi) is 7.62. The molecule has 1 atom stereocenters. The molecule has 1 aromatic carbocycles. The molecule has 2 amide bonds. The van der Waals surface area contributed by atoms with Gasteiger partial charge in [0.2, 0.25) is 5.95 Å². The Labute approximate surface area is 238 Å². The van der Waals surface area contributed by atoms with E-state index in [4.69, 9.17) is 9.72 Å². The van der Waals surface area contributed by atoms with Crippen molar-refractivity contribution in [1.29, 1.82) is 0 Å². The molecule has 1 N–H and O–H groups in total. The first-order valence-electron chi connectivity index (χ1n) is 14.1. The minimum absolute atomic E-state index is 0.0583. The van der Waals surface area contributed by atoms with Gasteiger partial charge in [-0.2, -0.15) is 4.98 Å². The first-order chi connectivity index (χ1) is 20.1. The molecule has 1 saturated heterocycles. The summed E-state index contributed by atoms with van der Waals surface area (Å²) in [7, 11) is 0. The lowest BCUT2D eigenvalue weighted by molar-refractivity contribution is 0.0787. The number of fused-ring (bicyclic) bond motifs is 1. The van der Waals surface area contributed by atoms with Gasteiger partial charge in [0.15, 0.2) is 5.65 Å². The third kappa shape index (κ3) is 5.91. The maximum absolute atomic E-state index is 13.1. The number of carbonyl (C=O) groups is 2. The van der Waals surface area contributed by atoms with Crippen LogP contribution in [0.4, 0.5) is 16.4 Å². The van der Waals surface area contributed by atoms with Crippen molar-refractivity contribution in [2.24, 2.45) is 5.92 Å². The fourth-order valence-corrected chi connectivity index (χ4v) is 5.55. The zero-order valence-corrected chi connectivity index (χ0v) is 23.1. The lowest BCUT2D eigenvalue weighted by atomic mass is 10.00.